The van der Waals surface area contributed by atoms with Crippen LogP contribution < -0.4 is 11.1 Å². The lowest BCUT2D eigenvalue weighted by molar-refractivity contribution is -0.128. The Morgan fingerprint density at radius 3 is 2.36 bits per heavy atom. The molecule has 0 radical (unpaired) electrons. The van der Waals surface area contributed by atoms with Gasteiger partial charge in [0.15, 0.2) is 0 Å². The summed E-state index contributed by atoms with van der Waals surface area (Å²) in [4.78, 5) is 17.5. The number of nitrogens with one attached hydrogen (secondary N) is 1. The zero-order valence-corrected chi connectivity index (χ0v) is 16.3. The van der Waals surface area contributed by atoms with Gasteiger partial charge in [-0.3, -0.25) is 4.79 Å². The first-order valence-electron chi connectivity index (χ1n) is 10.4. The van der Waals surface area contributed by atoms with Crippen LogP contribution in [0, 0.1) is 23.7 Å². The lowest BCUT2D eigenvalue weighted by Gasteiger charge is -2.43. The van der Waals surface area contributed by atoms with Crippen molar-refractivity contribution < 1.29 is 4.79 Å². The number of piperidine rings is 1. The number of fused-ring (bicyclic) bond motifs is 2. The maximum Gasteiger partial charge on any atom is 0.223 e. The molecule has 0 aromatic carbocycles. The predicted octanol–water partition coefficient (Wildman–Crippen LogP) is 1.53. The second-order valence-electron chi connectivity index (χ2n) is 9.03. The highest BCUT2D eigenvalue weighted by atomic mass is 16.1. The second-order valence-corrected chi connectivity index (χ2v) is 9.03. The molecule has 1 heterocycles. The molecule has 1 aliphatic heterocycles. The molecule has 3 fully saturated rings. The molecular formula is C20H38N4O. The number of amides is 1. The van der Waals surface area contributed by atoms with Crippen molar-refractivity contribution in [1.82, 2.24) is 15.1 Å². The highest BCUT2D eigenvalue weighted by Gasteiger charge is 2.40. The van der Waals surface area contributed by atoms with Crippen LogP contribution in [0.4, 0.5) is 0 Å². The summed E-state index contributed by atoms with van der Waals surface area (Å²) in [5.41, 5.74) is 6.35. The molecule has 2 bridgehead atoms. The first-order chi connectivity index (χ1) is 12.0. The summed E-state index contributed by atoms with van der Waals surface area (Å²) >= 11 is 0. The first kappa shape index (κ1) is 19.1. The maximum absolute atomic E-state index is 12.7. The van der Waals surface area contributed by atoms with E-state index in [1.54, 1.807) is 0 Å². The third-order valence-corrected chi connectivity index (χ3v) is 6.92. The number of likely N-dealkylation sites (tertiary alicyclic amines) is 1. The fourth-order valence-electron chi connectivity index (χ4n) is 5.15. The Labute approximate surface area is 153 Å². The van der Waals surface area contributed by atoms with E-state index in [0.29, 0.717) is 29.7 Å². The summed E-state index contributed by atoms with van der Waals surface area (Å²) < 4.78 is 0. The van der Waals surface area contributed by atoms with Gasteiger partial charge in [0.1, 0.15) is 0 Å². The Kier molecular flexibility index (Phi) is 6.75. The molecule has 0 spiro atoms. The van der Waals surface area contributed by atoms with Gasteiger partial charge in [-0.2, -0.15) is 0 Å². The molecular weight excluding hydrogens is 312 g/mol. The zero-order chi connectivity index (χ0) is 17.8. The van der Waals surface area contributed by atoms with Crippen molar-refractivity contribution >= 4 is 5.91 Å². The van der Waals surface area contributed by atoms with Gasteiger partial charge in [0, 0.05) is 31.6 Å². The van der Waals surface area contributed by atoms with E-state index in [-0.39, 0.29) is 5.92 Å². The van der Waals surface area contributed by atoms with Gasteiger partial charge < -0.3 is 20.9 Å². The molecule has 2 unspecified atom stereocenters. The Hall–Kier alpha value is -0.650. The maximum atomic E-state index is 12.7. The first-order valence-corrected chi connectivity index (χ1v) is 10.4. The number of hydrogen-bond acceptors (Lipinski definition) is 4. The second kappa shape index (κ2) is 8.83. The van der Waals surface area contributed by atoms with E-state index in [2.05, 4.69) is 29.2 Å². The molecule has 3 N–H and O–H groups in total. The summed E-state index contributed by atoms with van der Waals surface area (Å²) in [5.74, 6) is 2.35. The third-order valence-electron chi connectivity index (χ3n) is 6.92. The predicted molar refractivity (Wildman–Crippen MR) is 102 cm³/mol. The van der Waals surface area contributed by atoms with E-state index < -0.39 is 0 Å². The number of likely N-dealkylation sites (N-methyl/N-ethyl adjacent to an activating group) is 1. The van der Waals surface area contributed by atoms with E-state index >= 15 is 0 Å². The van der Waals surface area contributed by atoms with Crippen LogP contribution in [0.2, 0.25) is 0 Å². The topological polar surface area (TPSA) is 61.6 Å². The molecule has 1 saturated heterocycles. The number of carbonyl (C=O) groups excluding carboxylic acids is 1. The van der Waals surface area contributed by atoms with Gasteiger partial charge in [-0.1, -0.05) is 6.42 Å². The molecule has 5 heteroatoms. The molecule has 2 aliphatic carbocycles. The summed E-state index contributed by atoms with van der Waals surface area (Å²) in [6.07, 6.45) is 8.24. The molecule has 3 rings (SSSR count). The van der Waals surface area contributed by atoms with Crippen molar-refractivity contribution in [2.45, 2.75) is 51.0 Å². The smallest absolute Gasteiger partial charge is 0.223 e. The number of rotatable bonds is 6. The summed E-state index contributed by atoms with van der Waals surface area (Å²) in [6.45, 7) is 5.52. The van der Waals surface area contributed by atoms with Gasteiger partial charge in [-0.25, -0.2) is 0 Å². The molecule has 1 amide bonds. The van der Waals surface area contributed by atoms with Gasteiger partial charge in [-0.05, 0) is 83.5 Å². The monoisotopic (exact) mass is 350 g/mol. The molecule has 144 valence electrons. The number of nitrogens with zero attached hydrogens (tertiary/aromatic N) is 2. The van der Waals surface area contributed by atoms with E-state index in [0.717, 1.165) is 32.5 Å². The van der Waals surface area contributed by atoms with Crippen LogP contribution in [0.5, 0.6) is 0 Å². The largest absolute Gasteiger partial charge is 0.356 e. The zero-order valence-electron chi connectivity index (χ0n) is 16.3. The van der Waals surface area contributed by atoms with Crippen molar-refractivity contribution in [3.63, 3.8) is 0 Å². The van der Waals surface area contributed by atoms with Crippen molar-refractivity contribution in [3.8, 4) is 0 Å². The summed E-state index contributed by atoms with van der Waals surface area (Å²) in [6, 6.07) is 0.351. The van der Waals surface area contributed by atoms with Crippen LogP contribution in [0.3, 0.4) is 0 Å². The van der Waals surface area contributed by atoms with E-state index in [1.807, 2.05) is 0 Å². The van der Waals surface area contributed by atoms with Crippen LogP contribution in [-0.2, 0) is 4.79 Å². The van der Waals surface area contributed by atoms with Crippen LogP contribution in [0.15, 0.2) is 0 Å². The fraction of sp³-hybridized carbons (Fsp3) is 0.950. The SMILES string of the molecule is CN(C)CCN1CCC(CNC(=O)C2CC3CCCC(C2)C3N)CC1. The van der Waals surface area contributed by atoms with Crippen LogP contribution in [0.1, 0.15) is 44.9 Å². The minimum atomic E-state index is 0.218. The standard InChI is InChI=1S/C20H38N4O/c1-23(2)10-11-24-8-6-15(7-9-24)14-22-20(25)18-12-16-4-3-5-17(13-18)19(16)21/h15-19H,3-14,21H2,1-2H3,(H,22,25). The van der Waals surface area contributed by atoms with Crippen LogP contribution >= 0.6 is 0 Å². The molecule has 0 aromatic heterocycles. The van der Waals surface area contributed by atoms with Crippen molar-refractivity contribution in [1.29, 1.82) is 0 Å². The Morgan fingerprint density at radius 1 is 1.12 bits per heavy atom. The highest BCUT2D eigenvalue weighted by molar-refractivity contribution is 5.78. The van der Waals surface area contributed by atoms with E-state index in [9.17, 15) is 4.79 Å². The highest BCUT2D eigenvalue weighted by Crippen LogP contribution is 2.41. The fourth-order valence-corrected chi connectivity index (χ4v) is 5.15. The van der Waals surface area contributed by atoms with E-state index in [4.69, 9.17) is 5.73 Å². The van der Waals surface area contributed by atoms with Crippen LogP contribution in [-0.4, -0.2) is 68.6 Å². The molecule has 2 atom stereocenters. The Bertz CT molecular complexity index is 419. The number of carbonyl (C=O) groups is 1. The Balaban J connectivity index is 1.36. The molecule has 5 nitrogen and oxygen atoms in total. The molecule has 0 aromatic rings. The van der Waals surface area contributed by atoms with Gasteiger partial charge in [0.2, 0.25) is 5.91 Å². The lowest BCUT2D eigenvalue weighted by Crippen LogP contribution is -2.49. The molecule has 3 aliphatic rings. The average Bonchev–Trinajstić information content (AvgIpc) is 2.58. The Morgan fingerprint density at radius 2 is 1.76 bits per heavy atom. The quantitative estimate of drug-likeness (QED) is 0.763. The summed E-state index contributed by atoms with van der Waals surface area (Å²) in [7, 11) is 4.27. The lowest BCUT2D eigenvalue weighted by atomic mass is 9.65. The van der Waals surface area contributed by atoms with Gasteiger partial charge in [0.25, 0.3) is 0 Å². The number of nitrogens with two attached hydrogens (primary N) is 1. The minimum Gasteiger partial charge on any atom is -0.356 e. The number of hydrogen-bond donors (Lipinski definition) is 2. The van der Waals surface area contributed by atoms with Gasteiger partial charge in [-0.15, -0.1) is 0 Å². The average molecular weight is 351 g/mol. The van der Waals surface area contributed by atoms with Crippen molar-refractivity contribution in [3.05, 3.63) is 0 Å². The molecule has 2 saturated carbocycles. The van der Waals surface area contributed by atoms with Gasteiger partial charge in [0.05, 0.1) is 0 Å². The van der Waals surface area contributed by atoms with Crippen LogP contribution in [0.25, 0.3) is 0 Å². The normalized spacial score (nSPS) is 34.2. The molecule has 25 heavy (non-hydrogen) atoms. The minimum absolute atomic E-state index is 0.218. The van der Waals surface area contributed by atoms with Crippen molar-refractivity contribution in [2.75, 3.05) is 46.8 Å². The van der Waals surface area contributed by atoms with Gasteiger partial charge >= 0.3 is 0 Å². The summed E-state index contributed by atoms with van der Waals surface area (Å²) in [5, 5.41) is 3.28. The third kappa shape index (κ3) is 5.18. The van der Waals surface area contributed by atoms with Crippen molar-refractivity contribution in [2.24, 2.45) is 29.4 Å². The van der Waals surface area contributed by atoms with E-state index in [1.165, 1.54) is 45.2 Å².